The van der Waals surface area contributed by atoms with Crippen LogP contribution in [0.4, 0.5) is 0 Å². The van der Waals surface area contributed by atoms with Gasteiger partial charge in [0, 0.05) is 19.6 Å². The van der Waals surface area contributed by atoms with Gasteiger partial charge in [-0.25, -0.2) is 0 Å². The third-order valence-electron chi connectivity index (χ3n) is 3.05. The molecule has 3 atom stereocenters. The van der Waals surface area contributed by atoms with E-state index in [2.05, 4.69) is 29.3 Å². The molecule has 0 aliphatic carbocycles. The Hall–Kier alpha value is -0.940. The first kappa shape index (κ1) is 11.5. The Labute approximate surface area is 95.6 Å². The van der Waals surface area contributed by atoms with Gasteiger partial charge in [-0.2, -0.15) is 4.98 Å². The van der Waals surface area contributed by atoms with Crippen LogP contribution in [0.5, 0.6) is 0 Å². The zero-order valence-corrected chi connectivity index (χ0v) is 10.1. The number of rotatable bonds is 4. The highest BCUT2D eigenvalue weighted by atomic mass is 16.5. The monoisotopic (exact) mass is 225 g/mol. The van der Waals surface area contributed by atoms with E-state index in [1.807, 2.05) is 6.92 Å². The van der Waals surface area contributed by atoms with Crippen LogP contribution >= 0.6 is 0 Å². The average molecular weight is 225 g/mol. The van der Waals surface area contributed by atoms with E-state index in [0.717, 1.165) is 25.3 Å². The van der Waals surface area contributed by atoms with Crippen LogP contribution in [-0.2, 0) is 4.74 Å². The molecule has 0 bridgehead atoms. The fourth-order valence-electron chi connectivity index (χ4n) is 2.04. The lowest BCUT2D eigenvalue weighted by Crippen LogP contribution is -2.37. The van der Waals surface area contributed by atoms with Gasteiger partial charge in [0.15, 0.2) is 5.82 Å². The van der Waals surface area contributed by atoms with E-state index in [4.69, 9.17) is 9.26 Å². The first-order chi connectivity index (χ1) is 7.70. The minimum Gasteiger partial charge on any atom is -0.377 e. The molecule has 1 fully saturated rings. The van der Waals surface area contributed by atoms with E-state index in [1.54, 1.807) is 0 Å². The molecule has 2 rings (SSSR count). The third-order valence-corrected chi connectivity index (χ3v) is 3.05. The van der Waals surface area contributed by atoms with Crippen molar-refractivity contribution in [2.75, 3.05) is 6.61 Å². The average Bonchev–Trinajstić information content (AvgIpc) is 2.85. The largest absolute Gasteiger partial charge is 0.377 e. The van der Waals surface area contributed by atoms with E-state index in [1.165, 1.54) is 0 Å². The van der Waals surface area contributed by atoms with Gasteiger partial charge < -0.3 is 14.6 Å². The van der Waals surface area contributed by atoms with Gasteiger partial charge in [-0.05, 0) is 19.8 Å². The molecule has 16 heavy (non-hydrogen) atoms. The zero-order chi connectivity index (χ0) is 11.5. The molecule has 0 saturated carbocycles. The summed E-state index contributed by atoms with van der Waals surface area (Å²) in [5.41, 5.74) is 0. The maximum absolute atomic E-state index is 5.53. The predicted molar refractivity (Wildman–Crippen MR) is 59.0 cm³/mol. The number of hydrogen-bond donors (Lipinski definition) is 1. The molecule has 1 aliphatic heterocycles. The first-order valence-electron chi connectivity index (χ1n) is 5.88. The topological polar surface area (TPSA) is 60.2 Å². The molecule has 0 radical (unpaired) electrons. The van der Waals surface area contributed by atoms with E-state index >= 15 is 0 Å². The minimum absolute atomic E-state index is 0.159. The summed E-state index contributed by atoms with van der Waals surface area (Å²) >= 11 is 0. The summed E-state index contributed by atoms with van der Waals surface area (Å²) in [5.74, 6) is 1.37. The van der Waals surface area contributed by atoms with Gasteiger partial charge in [-0.15, -0.1) is 0 Å². The Balaban J connectivity index is 2.00. The summed E-state index contributed by atoms with van der Waals surface area (Å²) in [6.07, 6.45) is 2.26. The van der Waals surface area contributed by atoms with Crippen LogP contribution in [0.15, 0.2) is 4.52 Å². The normalized spacial score (nSPS) is 27.2. The Morgan fingerprint density at radius 1 is 1.56 bits per heavy atom. The van der Waals surface area contributed by atoms with Gasteiger partial charge in [0.25, 0.3) is 0 Å². The lowest BCUT2D eigenvalue weighted by Gasteiger charge is -2.21. The van der Waals surface area contributed by atoms with Crippen molar-refractivity contribution in [3.05, 3.63) is 11.7 Å². The number of ether oxygens (including phenoxy) is 1. The van der Waals surface area contributed by atoms with Crippen LogP contribution in [0.3, 0.4) is 0 Å². The molecule has 3 unspecified atom stereocenters. The van der Waals surface area contributed by atoms with Gasteiger partial charge in [-0.3, -0.25) is 0 Å². The fraction of sp³-hybridized carbons (Fsp3) is 0.818. The van der Waals surface area contributed by atoms with Crippen LogP contribution in [0.1, 0.15) is 44.4 Å². The summed E-state index contributed by atoms with van der Waals surface area (Å²) in [5, 5.41) is 7.50. The Morgan fingerprint density at radius 2 is 2.38 bits per heavy atom. The van der Waals surface area contributed by atoms with Crippen molar-refractivity contribution in [3.63, 3.8) is 0 Å². The van der Waals surface area contributed by atoms with Gasteiger partial charge >= 0.3 is 0 Å². The Kier molecular flexibility index (Phi) is 3.56. The van der Waals surface area contributed by atoms with Gasteiger partial charge in [0.2, 0.25) is 5.89 Å². The van der Waals surface area contributed by atoms with Crippen LogP contribution in [0.2, 0.25) is 0 Å². The molecule has 2 heterocycles. The van der Waals surface area contributed by atoms with Crippen molar-refractivity contribution in [1.82, 2.24) is 15.5 Å². The summed E-state index contributed by atoms with van der Waals surface area (Å²) in [4.78, 5) is 4.27. The highest BCUT2D eigenvalue weighted by Crippen LogP contribution is 2.19. The summed E-state index contributed by atoms with van der Waals surface area (Å²) in [6, 6.07) is 0.551. The highest BCUT2D eigenvalue weighted by Gasteiger charge is 2.27. The molecular weight excluding hydrogens is 206 g/mol. The molecule has 5 heteroatoms. The summed E-state index contributed by atoms with van der Waals surface area (Å²) in [6.45, 7) is 6.85. The maximum Gasteiger partial charge on any atom is 0.223 e. The van der Waals surface area contributed by atoms with E-state index in [-0.39, 0.29) is 12.1 Å². The molecule has 1 aliphatic rings. The quantitative estimate of drug-likeness (QED) is 0.843. The maximum atomic E-state index is 5.53. The van der Waals surface area contributed by atoms with E-state index < -0.39 is 0 Å². The Morgan fingerprint density at radius 3 is 2.88 bits per heavy atom. The SMILES string of the molecule is CCC(NC1CCOC1C)c1noc(C)n1. The highest BCUT2D eigenvalue weighted by molar-refractivity contribution is 4.95. The lowest BCUT2D eigenvalue weighted by molar-refractivity contribution is 0.110. The molecule has 1 aromatic heterocycles. The molecule has 5 nitrogen and oxygen atoms in total. The summed E-state index contributed by atoms with van der Waals surface area (Å²) in [7, 11) is 0. The van der Waals surface area contributed by atoms with Gasteiger partial charge in [0.05, 0.1) is 12.1 Å². The van der Waals surface area contributed by atoms with Crippen molar-refractivity contribution in [2.45, 2.75) is 51.8 Å². The number of aromatic nitrogens is 2. The summed E-state index contributed by atoms with van der Waals surface area (Å²) < 4.78 is 10.5. The molecular formula is C11H19N3O2. The first-order valence-corrected chi connectivity index (χ1v) is 5.88. The van der Waals surface area contributed by atoms with E-state index in [0.29, 0.717) is 11.9 Å². The molecule has 90 valence electrons. The van der Waals surface area contributed by atoms with Crippen molar-refractivity contribution in [3.8, 4) is 0 Å². The Bertz CT molecular complexity index is 340. The van der Waals surface area contributed by atoms with Crippen molar-refractivity contribution in [1.29, 1.82) is 0 Å². The van der Waals surface area contributed by atoms with Crippen molar-refractivity contribution >= 4 is 0 Å². The lowest BCUT2D eigenvalue weighted by atomic mass is 10.1. The molecule has 0 amide bonds. The van der Waals surface area contributed by atoms with E-state index in [9.17, 15) is 0 Å². The molecule has 1 aromatic rings. The number of nitrogens with one attached hydrogen (secondary N) is 1. The predicted octanol–water partition coefficient (Wildman–Crippen LogP) is 1.60. The number of aryl methyl sites for hydroxylation is 1. The second-order valence-corrected chi connectivity index (χ2v) is 4.27. The minimum atomic E-state index is 0.159. The van der Waals surface area contributed by atoms with Crippen molar-refractivity contribution in [2.24, 2.45) is 0 Å². The second-order valence-electron chi connectivity index (χ2n) is 4.27. The molecule has 1 saturated heterocycles. The standard InChI is InChI=1S/C11H19N3O2/c1-4-9(11-12-8(3)16-14-11)13-10-5-6-15-7(10)2/h7,9-10,13H,4-6H2,1-3H3. The molecule has 1 N–H and O–H groups in total. The van der Waals surface area contributed by atoms with Crippen molar-refractivity contribution < 1.29 is 9.26 Å². The fourth-order valence-corrected chi connectivity index (χ4v) is 2.04. The third kappa shape index (κ3) is 2.41. The zero-order valence-electron chi connectivity index (χ0n) is 10.1. The molecule has 0 spiro atoms. The smallest absolute Gasteiger partial charge is 0.223 e. The van der Waals surface area contributed by atoms with Crippen LogP contribution < -0.4 is 5.32 Å². The van der Waals surface area contributed by atoms with Gasteiger partial charge in [-0.1, -0.05) is 12.1 Å². The van der Waals surface area contributed by atoms with Gasteiger partial charge in [0.1, 0.15) is 0 Å². The second kappa shape index (κ2) is 4.93. The van der Waals surface area contributed by atoms with Crippen LogP contribution in [0, 0.1) is 6.92 Å². The van der Waals surface area contributed by atoms with Crippen LogP contribution in [0.25, 0.3) is 0 Å². The number of nitrogens with zero attached hydrogens (tertiary/aromatic N) is 2. The number of hydrogen-bond acceptors (Lipinski definition) is 5. The molecule has 0 aromatic carbocycles. The van der Waals surface area contributed by atoms with Crippen LogP contribution in [-0.4, -0.2) is 28.9 Å².